The molecule has 30 heavy (non-hydrogen) atoms. The molecule has 0 fully saturated rings. The van der Waals surface area contributed by atoms with Crippen LogP contribution in [0.4, 0.5) is 11.4 Å². The summed E-state index contributed by atoms with van der Waals surface area (Å²) in [6.45, 7) is 4.43. The lowest BCUT2D eigenvalue weighted by atomic mass is 10.1. The van der Waals surface area contributed by atoms with Crippen LogP contribution in [-0.2, 0) is 30.8 Å². The van der Waals surface area contributed by atoms with E-state index in [0.717, 1.165) is 5.56 Å². The van der Waals surface area contributed by atoms with E-state index in [1.165, 1.54) is 12.1 Å². The molecule has 0 heterocycles. The number of sulfonamides is 1. The Kier molecular flexibility index (Phi) is 8.37. The average Bonchev–Trinajstić information content (AvgIpc) is 2.70. The predicted octanol–water partition coefficient (Wildman–Crippen LogP) is 2.39. The van der Waals surface area contributed by atoms with Crippen molar-refractivity contribution in [1.29, 1.82) is 0 Å². The average molecular weight is 434 g/mol. The van der Waals surface area contributed by atoms with Gasteiger partial charge in [-0.25, -0.2) is 8.42 Å². The highest BCUT2D eigenvalue weighted by atomic mass is 32.2. The highest BCUT2D eigenvalue weighted by Crippen LogP contribution is 2.19. The zero-order valence-corrected chi connectivity index (χ0v) is 18.1. The molecule has 0 radical (unpaired) electrons. The quantitative estimate of drug-likeness (QED) is 0.498. The Morgan fingerprint density at radius 1 is 0.967 bits per heavy atom. The summed E-state index contributed by atoms with van der Waals surface area (Å²) in [5.41, 5.74) is 1.68. The van der Waals surface area contributed by atoms with E-state index in [4.69, 9.17) is 4.74 Å². The van der Waals surface area contributed by atoms with Gasteiger partial charge < -0.3 is 15.4 Å². The van der Waals surface area contributed by atoms with E-state index in [-0.39, 0.29) is 29.0 Å². The zero-order chi connectivity index (χ0) is 22.1. The minimum Gasteiger partial charge on any atom is -0.383 e. The number of carbonyl (C=O) groups excluding carboxylic acids is 2. The van der Waals surface area contributed by atoms with Gasteiger partial charge in [-0.3, -0.25) is 14.3 Å². The van der Waals surface area contributed by atoms with Crippen LogP contribution in [0.2, 0.25) is 0 Å². The summed E-state index contributed by atoms with van der Waals surface area (Å²) in [7, 11) is -2.22. The molecule has 2 aromatic rings. The Morgan fingerprint density at radius 2 is 1.57 bits per heavy atom. The number of amides is 2. The van der Waals surface area contributed by atoms with Crippen LogP contribution >= 0.6 is 0 Å². The summed E-state index contributed by atoms with van der Waals surface area (Å²) < 4.78 is 32.5. The maximum atomic E-state index is 12.6. The summed E-state index contributed by atoms with van der Waals surface area (Å²) in [5.74, 6) is -0.448. The van der Waals surface area contributed by atoms with Gasteiger partial charge in [-0.05, 0) is 42.0 Å². The molecular formula is C21H27N3O5S. The van der Waals surface area contributed by atoms with Gasteiger partial charge >= 0.3 is 0 Å². The number of hydrogen-bond donors (Lipinski definition) is 3. The first-order chi connectivity index (χ1) is 14.2. The monoisotopic (exact) mass is 433 g/mol. The number of benzene rings is 2. The highest BCUT2D eigenvalue weighted by molar-refractivity contribution is 7.92. The van der Waals surface area contributed by atoms with Crippen molar-refractivity contribution in [2.24, 2.45) is 5.92 Å². The number of hydrogen-bond acceptors (Lipinski definition) is 5. The fraction of sp³-hybridized carbons (Fsp3) is 0.333. The first-order valence-electron chi connectivity index (χ1n) is 9.49. The fourth-order valence-electron chi connectivity index (χ4n) is 2.45. The topological polar surface area (TPSA) is 114 Å². The van der Waals surface area contributed by atoms with E-state index in [2.05, 4.69) is 15.4 Å². The van der Waals surface area contributed by atoms with E-state index in [1.807, 2.05) is 0 Å². The van der Waals surface area contributed by atoms with Crippen molar-refractivity contribution in [3.63, 3.8) is 0 Å². The van der Waals surface area contributed by atoms with Crippen molar-refractivity contribution in [2.45, 2.75) is 25.2 Å². The van der Waals surface area contributed by atoms with Crippen LogP contribution in [0.15, 0.2) is 53.4 Å². The molecule has 0 unspecified atom stereocenters. The Morgan fingerprint density at radius 3 is 2.13 bits per heavy atom. The molecule has 0 saturated carbocycles. The molecule has 2 aromatic carbocycles. The zero-order valence-electron chi connectivity index (χ0n) is 17.3. The minimum absolute atomic E-state index is 0.0756. The number of methoxy groups -OCH3 is 1. The molecule has 0 atom stereocenters. The van der Waals surface area contributed by atoms with E-state index >= 15 is 0 Å². The van der Waals surface area contributed by atoms with Crippen LogP contribution in [0.5, 0.6) is 0 Å². The van der Waals surface area contributed by atoms with Crippen LogP contribution in [0.25, 0.3) is 0 Å². The van der Waals surface area contributed by atoms with E-state index in [1.54, 1.807) is 57.4 Å². The van der Waals surface area contributed by atoms with Crippen molar-refractivity contribution >= 4 is 33.2 Å². The third-order valence-electron chi connectivity index (χ3n) is 4.16. The van der Waals surface area contributed by atoms with Gasteiger partial charge in [0.25, 0.3) is 10.0 Å². The molecular weight excluding hydrogens is 406 g/mol. The molecule has 8 nitrogen and oxygen atoms in total. The standard InChI is InChI=1S/C21H27N3O5S/c1-15(2)21(26)23-17-8-10-19(11-9-17)30(27,28)24-18-6-4-16(5-7-18)14-20(25)22-12-13-29-3/h4-11,15,24H,12-14H2,1-3H3,(H,22,25)(H,23,26). The number of carbonyl (C=O) groups is 2. The van der Waals surface area contributed by atoms with Gasteiger partial charge in [-0.1, -0.05) is 26.0 Å². The Hall–Kier alpha value is -2.91. The van der Waals surface area contributed by atoms with Gasteiger partial charge in [-0.2, -0.15) is 0 Å². The lowest BCUT2D eigenvalue weighted by Gasteiger charge is -2.11. The molecule has 162 valence electrons. The molecule has 3 N–H and O–H groups in total. The van der Waals surface area contributed by atoms with Crippen molar-refractivity contribution < 1.29 is 22.7 Å². The highest BCUT2D eigenvalue weighted by Gasteiger charge is 2.15. The number of anilines is 2. The predicted molar refractivity (Wildman–Crippen MR) is 116 cm³/mol. The summed E-state index contributed by atoms with van der Waals surface area (Å²) in [6.07, 6.45) is 0.195. The third-order valence-corrected chi connectivity index (χ3v) is 5.55. The van der Waals surface area contributed by atoms with Crippen LogP contribution in [0.1, 0.15) is 19.4 Å². The van der Waals surface area contributed by atoms with Crippen LogP contribution < -0.4 is 15.4 Å². The molecule has 9 heteroatoms. The van der Waals surface area contributed by atoms with Crippen LogP contribution in [0, 0.1) is 5.92 Å². The Labute approximate surface area is 177 Å². The second kappa shape index (κ2) is 10.7. The second-order valence-corrected chi connectivity index (χ2v) is 8.67. The molecule has 2 rings (SSSR count). The summed E-state index contributed by atoms with van der Waals surface area (Å²) in [5, 5.41) is 5.44. The van der Waals surface area contributed by atoms with Gasteiger partial charge in [0.15, 0.2) is 0 Å². The van der Waals surface area contributed by atoms with Crippen molar-refractivity contribution in [2.75, 3.05) is 30.3 Å². The normalized spacial score (nSPS) is 11.2. The molecule has 0 aliphatic rings. The van der Waals surface area contributed by atoms with Gasteiger partial charge in [-0.15, -0.1) is 0 Å². The second-order valence-electron chi connectivity index (χ2n) is 6.99. The third kappa shape index (κ3) is 7.16. The molecule has 0 spiro atoms. The number of ether oxygens (including phenoxy) is 1. The van der Waals surface area contributed by atoms with Crippen LogP contribution in [-0.4, -0.2) is 40.5 Å². The molecule has 0 aliphatic heterocycles. The molecule has 2 amide bonds. The first-order valence-corrected chi connectivity index (χ1v) is 11.0. The fourth-order valence-corrected chi connectivity index (χ4v) is 3.51. The van der Waals surface area contributed by atoms with Gasteiger partial charge in [0.2, 0.25) is 11.8 Å². The Bertz CT molecular complexity index is 955. The summed E-state index contributed by atoms with van der Waals surface area (Å²) >= 11 is 0. The first kappa shape index (κ1) is 23.4. The molecule has 0 aromatic heterocycles. The van der Waals surface area contributed by atoms with E-state index in [0.29, 0.717) is 24.5 Å². The lowest BCUT2D eigenvalue weighted by molar-refractivity contribution is -0.120. The van der Waals surface area contributed by atoms with Crippen molar-refractivity contribution in [3.05, 3.63) is 54.1 Å². The van der Waals surface area contributed by atoms with Crippen molar-refractivity contribution in [1.82, 2.24) is 5.32 Å². The van der Waals surface area contributed by atoms with E-state index < -0.39 is 10.0 Å². The van der Waals surface area contributed by atoms with E-state index in [9.17, 15) is 18.0 Å². The summed E-state index contributed by atoms with van der Waals surface area (Å²) in [6, 6.07) is 12.5. The van der Waals surface area contributed by atoms with Gasteiger partial charge in [0.05, 0.1) is 17.9 Å². The van der Waals surface area contributed by atoms with Crippen LogP contribution in [0.3, 0.4) is 0 Å². The SMILES string of the molecule is COCCNC(=O)Cc1ccc(NS(=O)(=O)c2ccc(NC(=O)C(C)C)cc2)cc1. The smallest absolute Gasteiger partial charge is 0.261 e. The summed E-state index contributed by atoms with van der Waals surface area (Å²) in [4.78, 5) is 23.6. The van der Waals surface area contributed by atoms with Gasteiger partial charge in [0.1, 0.15) is 0 Å². The molecule has 0 saturated heterocycles. The maximum absolute atomic E-state index is 12.6. The maximum Gasteiger partial charge on any atom is 0.261 e. The number of rotatable bonds is 10. The van der Waals surface area contributed by atoms with Gasteiger partial charge in [0, 0.05) is 30.9 Å². The largest absolute Gasteiger partial charge is 0.383 e. The molecule has 0 bridgehead atoms. The van der Waals surface area contributed by atoms with Crippen molar-refractivity contribution in [3.8, 4) is 0 Å². The Balaban J connectivity index is 1.98. The molecule has 0 aliphatic carbocycles. The minimum atomic E-state index is -3.78. The number of nitrogens with one attached hydrogen (secondary N) is 3. The lowest BCUT2D eigenvalue weighted by Crippen LogP contribution is -2.28.